The Morgan fingerprint density at radius 2 is 1.57 bits per heavy atom. The zero-order valence-corrected chi connectivity index (χ0v) is 14.6. The van der Waals surface area contributed by atoms with Gasteiger partial charge in [0.15, 0.2) is 0 Å². The van der Waals surface area contributed by atoms with Crippen LogP contribution in [0.15, 0.2) is 60.2 Å². The Labute approximate surface area is 140 Å². The van der Waals surface area contributed by atoms with Gasteiger partial charge in [0.05, 0.1) is 0 Å². The molecule has 0 N–H and O–H groups in total. The van der Waals surface area contributed by atoms with Crippen LogP contribution in [0.2, 0.25) is 0 Å². The molecule has 0 bridgehead atoms. The van der Waals surface area contributed by atoms with Crippen molar-refractivity contribution < 1.29 is 0 Å². The normalized spacial score (nSPS) is 14.6. The summed E-state index contributed by atoms with van der Waals surface area (Å²) in [7, 11) is 0. The van der Waals surface area contributed by atoms with E-state index in [4.69, 9.17) is 0 Å². The van der Waals surface area contributed by atoms with E-state index >= 15 is 0 Å². The predicted molar refractivity (Wildman–Crippen MR) is 100 cm³/mol. The summed E-state index contributed by atoms with van der Waals surface area (Å²) in [6.45, 7) is 4.35. The average molecular weight is 386 g/mol. The molecule has 0 heterocycles. The third kappa shape index (κ3) is 3.29. The number of allylic oxidation sites excluding steroid dienone is 4. The second kappa shape index (κ2) is 6.18. The molecule has 3 rings (SSSR count). The molecule has 0 unspecified atom stereocenters. The van der Waals surface area contributed by atoms with Gasteiger partial charge in [-0.25, -0.2) is 0 Å². The molecule has 0 nitrogen and oxygen atoms in total. The highest BCUT2D eigenvalue weighted by molar-refractivity contribution is 14.1. The summed E-state index contributed by atoms with van der Waals surface area (Å²) >= 11 is 2.40. The molecule has 0 aliphatic heterocycles. The maximum Gasteiger partial charge on any atom is 0.0136 e. The van der Waals surface area contributed by atoms with Gasteiger partial charge in [-0.2, -0.15) is 0 Å². The summed E-state index contributed by atoms with van der Waals surface area (Å²) in [4.78, 5) is 0. The van der Waals surface area contributed by atoms with Crippen molar-refractivity contribution in [3.05, 3.63) is 74.9 Å². The molecule has 0 radical (unpaired) electrons. The second-order valence-electron chi connectivity index (χ2n) is 5.76. The van der Waals surface area contributed by atoms with Crippen molar-refractivity contribution in [3.63, 3.8) is 0 Å². The van der Waals surface area contributed by atoms with Crippen LogP contribution in [0.1, 0.15) is 30.9 Å². The third-order valence-electron chi connectivity index (χ3n) is 4.05. The van der Waals surface area contributed by atoms with Gasteiger partial charge in [-0.1, -0.05) is 53.6 Å². The quantitative estimate of drug-likeness (QED) is 0.525. The van der Waals surface area contributed by atoms with Crippen LogP contribution in [0.25, 0.3) is 16.7 Å². The summed E-state index contributed by atoms with van der Waals surface area (Å²) in [5.74, 6) is 0. The summed E-state index contributed by atoms with van der Waals surface area (Å²) < 4.78 is 1.29. The maximum absolute atomic E-state index is 2.40. The van der Waals surface area contributed by atoms with Crippen LogP contribution in [0.5, 0.6) is 0 Å². The largest absolute Gasteiger partial charge is 0.0730 e. The van der Waals surface area contributed by atoms with E-state index < -0.39 is 0 Å². The molecule has 0 atom stereocenters. The molecule has 0 saturated carbocycles. The fourth-order valence-corrected chi connectivity index (χ4v) is 3.23. The van der Waals surface area contributed by atoms with Gasteiger partial charge in [-0.05, 0) is 83.7 Å². The molecule has 1 heteroatoms. The molecule has 2 aromatic rings. The fraction of sp³-hybridized carbons (Fsp3) is 0.200. The van der Waals surface area contributed by atoms with Crippen LogP contribution in [0.3, 0.4) is 0 Å². The lowest BCUT2D eigenvalue weighted by Gasteiger charge is -2.17. The zero-order valence-electron chi connectivity index (χ0n) is 12.5. The lowest BCUT2D eigenvalue weighted by atomic mass is 9.88. The minimum atomic E-state index is 1.14. The molecular formula is C20H19I. The van der Waals surface area contributed by atoms with E-state index in [2.05, 4.69) is 91.1 Å². The Hall–Kier alpha value is -1.35. The number of hydrogen-bond acceptors (Lipinski definition) is 0. The molecule has 2 aromatic carbocycles. The van der Waals surface area contributed by atoms with Crippen LogP contribution in [-0.4, -0.2) is 0 Å². The smallest absolute Gasteiger partial charge is 0.0136 e. The van der Waals surface area contributed by atoms with E-state index in [1.165, 1.54) is 43.4 Å². The summed E-state index contributed by atoms with van der Waals surface area (Å²) in [6.07, 6.45) is 6.86. The molecule has 0 amide bonds. The van der Waals surface area contributed by atoms with Crippen LogP contribution in [-0.2, 0) is 0 Å². The first-order valence-corrected chi connectivity index (χ1v) is 8.44. The van der Waals surface area contributed by atoms with E-state index in [1.807, 2.05) is 0 Å². The number of halogens is 1. The highest BCUT2D eigenvalue weighted by Gasteiger charge is 2.12. The topological polar surface area (TPSA) is 0 Å². The van der Waals surface area contributed by atoms with E-state index in [-0.39, 0.29) is 0 Å². The zero-order chi connectivity index (χ0) is 14.8. The standard InChI is InChI=1S/C20H19I/c1-14-3-7-16(8-4-14)19-12-11-18(21)13-20(19)17-9-5-15(2)6-10-17/h3,5-7,9-13H,4,8H2,1-2H3. The van der Waals surface area contributed by atoms with E-state index in [9.17, 15) is 0 Å². The van der Waals surface area contributed by atoms with Gasteiger partial charge < -0.3 is 0 Å². The van der Waals surface area contributed by atoms with Crippen LogP contribution in [0.4, 0.5) is 0 Å². The van der Waals surface area contributed by atoms with Crippen LogP contribution >= 0.6 is 22.6 Å². The number of rotatable bonds is 2. The van der Waals surface area contributed by atoms with Crippen molar-refractivity contribution in [1.29, 1.82) is 0 Å². The Morgan fingerprint density at radius 1 is 0.810 bits per heavy atom. The Bertz CT molecular complexity index is 718. The Balaban J connectivity index is 2.11. The van der Waals surface area contributed by atoms with Crippen molar-refractivity contribution in [2.75, 3.05) is 0 Å². The van der Waals surface area contributed by atoms with Gasteiger partial charge in [0, 0.05) is 3.57 Å². The van der Waals surface area contributed by atoms with Gasteiger partial charge >= 0.3 is 0 Å². The first kappa shape index (κ1) is 14.6. The molecule has 21 heavy (non-hydrogen) atoms. The Kier molecular flexibility index (Phi) is 4.29. The monoisotopic (exact) mass is 386 g/mol. The molecule has 106 valence electrons. The average Bonchev–Trinajstić information content (AvgIpc) is 2.49. The fourth-order valence-electron chi connectivity index (χ4n) is 2.73. The van der Waals surface area contributed by atoms with Crippen molar-refractivity contribution in [3.8, 4) is 11.1 Å². The highest BCUT2D eigenvalue weighted by atomic mass is 127. The van der Waals surface area contributed by atoms with Gasteiger partial charge in [0.25, 0.3) is 0 Å². The van der Waals surface area contributed by atoms with E-state index in [0.717, 1.165) is 6.42 Å². The van der Waals surface area contributed by atoms with Gasteiger partial charge in [0.1, 0.15) is 0 Å². The van der Waals surface area contributed by atoms with Gasteiger partial charge in [-0.15, -0.1) is 0 Å². The van der Waals surface area contributed by atoms with Gasteiger partial charge in [0.2, 0.25) is 0 Å². The lowest BCUT2D eigenvalue weighted by Crippen LogP contribution is -1.95. The van der Waals surface area contributed by atoms with Crippen molar-refractivity contribution in [2.24, 2.45) is 0 Å². The van der Waals surface area contributed by atoms with E-state index in [1.54, 1.807) is 0 Å². The van der Waals surface area contributed by atoms with Crippen molar-refractivity contribution >= 4 is 28.2 Å². The van der Waals surface area contributed by atoms with Gasteiger partial charge in [-0.3, -0.25) is 0 Å². The molecule has 1 aliphatic carbocycles. The predicted octanol–water partition coefficient (Wildman–Crippen LogP) is 6.39. The van der Waals surface area contributed by atoms with Crippen molar-refractivity contribution in [2.45, 2.75) is 26.7 Å². The summed E-state index contributed by atoms with van der Waals surface area (Å²) in [6, 6.07) is 15.6. The second-order valence-corrected chi connectivity index (χ2v) is 7.01. The summed E-state index contributed by atoms with van der Waals surface area (Å²) in [5, 5.41) is 0. The van der Waals surface area contributed by atoms with Crippen LogP contribution < -0.4 is 0 Å². The molecule has 0 fully saturated rings. The highest BCUT2D eigenvalue weighted by Crippen LogP contribution is 2.35. The summed E-state index contributed by atoms with van der Waals surface area (Å²) in [5.41, 5.74) is 8.26. The van der Waals surface area contributed by atoms with Crippen LogP contribution in [0, 0.1) is 10.5 Å². The third-order valence-corrected chi connectivity index (χ3v) is 4.72. The number of hydrogen-bond donors (Lipinski definition) is 0. The molecule has 1 aliphatic rings. The Morgan fingerprint density at radius 3 is 2.24 bits per heavy atom. The number of aryl methyl sites for hydroxylation is 1. The lowest BCUT2D eigenvalue weighted by molar-refractivity contribution is 0.977. The minimum absolute atomic E-state index is 1.14. The molecular weight excluding hydrogens is 367 g/mol. The first-order valence-electron chi connectivity index (χ1n) is 7.37. The maximum atomic E-state index is 2.40. The first-order chi connectivity index (χ1) is 10.1. The molecule has 0 aromatic heterocycles. The molecule has 0 spiro atoms. The minimum Gasteiger partial charge on any atom is -0.0730 e. The van der Waals surface area contributed by atoms with E-state index in [0.29, 0.717) is 0 Å². The van der Waals surface area contributed by atoms with Crippen molar-refractivity contribution in [1.82, 2.24) is 0 Å². The molecule has 0 saturated heterocycles. The SMILES string of the molecule is CC1=CC=C(c2ccc(I)cc2-c2ccc(C)cc2)CC1. The number of benzene rings is 2.